The highest BCUT2D eigenvalue weighted by Gasteiger charge is 2.12. The molecular formula is C30H25F2N3O4. The van der Waals surface area contributed by atoms with Crippen molar-refractivity contribution in [1.82, 2.24) is 9.78 Å². The van der Waals surface area contributed by atoms with E-state index in [2.05, 4.69) is 11.2 Å². The van der Waals surface area contributed by atoms with Gasteiger partial charge in [-0.2, -0.15) is 10.4 Å². The van der Waals surface area contributed by atoms with Crippen molar-refractivity contribution in [3.8, 4) is 34.8 Å². The highest BCUT2D eigenvalue weighted by molar-refractivity contribution is 5.74. The summed E-state index contributed by atoms with van der Waals surface area (Å²) in [5.41, 5.74) is 2.87. The molecule has 0 N–H and O–H groups in total. The maximum Gasteiger partial charge on any atom is 0.163 e. The molecule has 3 aromatic carbocycles. The highest BCUT2D eigenvalue weighted by Crippen LogP contribution is 2.32. The largest absolute Gasteiger partial charge is 0.493 e. The summed E-state index contributed by atoms with van der Waals surface area (Å²) in [4.78, 5) is 0. The standard InChI is InChI=1S/C30H25F2N3O4/c1-36-27-13-20(25(31)16-29(27)38-3)7-9-22-15-24(35(34-22)23-10-5-19(18-33)6-11-23)12-8-21-14-28(37-2)30(39-4)17-26(21)32/h5-17H,1-4H3/b9-7+,12-8+. The quantitative estimate of drug-likeness (QED) is 0.250. The first kappa shape index (κ1) is 26.9. The third kappa shape index (κ3) is 5.91. The molecule has 0 saturated carbocycles. The summed E-state index contributed by atoms with van der Waals surface area (Å²) in [6.07, 6.45) is 6.52. The minimum atomic E-state index is -0.489. The minimum Gasteiger partial charge on any atom is -0.493 e. The van der Waals surface area contributed by atoms with Gasteiger partial charge in [-0.15, -0.1) is 0 Å². The fourth-order valence-electron chi connectivity index (χ4n) is 3.84. The van der Waals surface area contributed by atoms with Gasteiger partial charge in [0.1, 0.15) is 11.6 Å². The molecule has 0 fully saturated rings. The number of hydrogen-bond acceptors (Lipinski definition) is 6. The van der Waals surface area contributed by atoms with Crippen LogP contribution in [0.1, 0.15) is 28.1 Å². The van der Waals surface area contributed by atoms with Crippen LogP contribution >= 0.6 is 0 Å². The second-order valence-electron chi connectivity index (χ2n) is 8.19. The molecule has 0 bridgehead atoms. The SMILES string of the molecule is COc1cc(F)c(/C=C/c2cc(/C=C/c3cc(OC)c(OC)cc3F)n(-c3ccc(C#N)cc3)n2)cc1OC. The van der Waals surface area contributed by atoms with Crippen molar-refractivity contribution in [1.29, 1.82) is 5.26 Å². The van der Waals surface area contributed by atoms with E-state index in [1.165, 1.54) is 52.7 Å². The predicted molar refractivity (Wildman–Crippen MR) is 145 cm³/mol. The Morgan fingerprint density at radius 3 is 1.67 bits per heavy atom. The molecule has 0 aliphatic carbocycles. The summed E-state index contributed by atoms with van der Waals surface area (Å²) in [5, 5.41) is 13.8. The van der Waals surface area contributed by atoms with E-state index in [4.69, 9.17) is 24.2 Å². The number of ether oxygens (including phenoxy) is 4. The van der Waals surface area contributed by atoms with Crippen molar-refractivity contribution in [2.45, 2.75) is 0 Å². The van der Waals surface area contributed by atoms with Crippen LogP contribution < -0.4 is 18.9 Å². The van der Waals surface area contributed by atoms with E-state index < -0.39 is 11.6 Å². The summed E-state index contributed by atoms with van der Waals surface area (Å²) in [6.45, 7) is 0. The second kappa shape index (κ2) is 12.0. The van der Waals surface area contributed by atoms with Crippen LogP contribution in [0, 0.1) is 23.0 Å². The number of nitriles is 1. The van der Waals surface area contributed by atoms with Crippen LogP contribution in [0.4, 0.5) is 8.78 Å². The number of benzene rings is 3. The normalized spacial score (nSPS) is 11.1. The Morgan fingerprint density at radius 2 is 1.18 bits per heavy atom. The number of halogens is 2. The Morgan fingerprint density at radius 1 is 0.692 bits per heavy atom. The summed E-state index contributed by atoms with van der Waals surface area (Å²) >= 11 is 0. The van der Waals surface area contributed by atoms with E-state index in [0.717, 1.165) is 0 Å². The molecule has 4 rings (SSSR count). The molecule has 4 aromatic rings. The van der Waals surface area contributed by atoms with Gasteiger partial charge in [-0.25, -0.2) is 13.5 Å². The van der Waals surface area contributed by atoms with Crippen molar-refractivity contribution in [3.63, 3.8) is 0 Å². The molecule has 0 atom stereocenters. The van der Waals surface area contributed by atoms with E-state index >= 15 is 0 Å². The van der Waals surface area contributed by atoms with Gasteiger partial charge in [-0.1, -0.05) is 0 Å². The van der Waals surface area contributed by atoms with Gasteiger partial charge >= 0.3 is 0 Å². The summed E-state index contributed by atoms with van der Waals surface area (Å²) in [7, 11) is 5.82. The minimum absolute atomic E-state index is 0.282. The van der Waals surface area contributed by atoms with Crippen molar-refractivity contribution in [3.05, 3.63) is 94.3 Å². The number of aromatic nitrogens is 2. The maximum absolute atomic E-state index is 14.7. The Labute approximate surface area is 224 Å². The van der Waals surface area contributed by atoms with Crippen LogP contribution in [0.15, 0.2) is 54.6 Å². The number of methoxy groups -OCH3 is 4. The van der Waals surface area contributed by atoms with Crippen molar-refractivity contribution >= 4 is 24.3 Å². The van der Waals surface area contributed by atoms with Gasteiger partial charge in [0.2, 0.25) is 0 Å². The lowest BCUT2D eigenvalue weighted by molar-refractivity contribution is 0.352. The lowest BCUT2D eigenvalue weighted by Gasteiger charge is -2.09. The zero-order valence-corrected chi connectivity index (χ0v) is 21.7. The van der Waals surface area contributed by atoms with Gasteiger partial charge in [-0.3, -0.25) is 0 Å². The molecule has 0 aliphatic heterocycles. The van der Waals surface area contributed by atoms with Crippen molar-refractivity contribution in [2.75, 3.05) is 28.4 Å². The number of nitrogens with zero attached hydrogens (tertiary/aromatic N) is 3. The van der Waals surface area contributed by atoms with Crippen LogP contribution in [-0.4, -0.2) is 38.2 Å². The van der Waals surface area contributed by atoms with Gasteiger partial charge < -0.3 is 18.9 Å². The van der Waals surface area contributed by atoms with Gasteiger partial charge in [0.15, 0.2) is 23.0 Å². The fraction of sp³-hybridized carbons (Fsp3) is 0.133. The van der Waals surface area contributed by atoms with E-state index in [9.17, 15) is 8.78 Å². The molecule has 198 valence electrons. The zero-order valence-electron chi connectivity index (χ0n) is 21.7. The van der Waals surface area contributed by atoms with E-state index in [0.29, 0.717) is 34.1 Å². The first-order valence-electron chi connectivity index (χ1n) is 11.7. The Hall–Kier alpha value is -5.10. The molecule has 0 unspecified atom stereocenters. The van der Waals surface area contributed by atoms with Gasteiger partial charge in [0.25, 0.3) is 0 Å². The molecule has 0 amide bonds. The van der Waals surface area contributed by atoms with E-state index in [-0.39, 0.29) is 22.6 Å². The van der Waals surface area contributed by atoms with Crippen molar-refractivity contribution in [2.24, 2.45) is 0 Å². The van der Waals surface area contributed by atoms with Crippen molar-refractivity contribution < 1.29 is 27.7 Å². The smallest absolute Gasteiger partial charge is 0.163 e. The third-order valence-electron chi connectivity index (χ3n) is 5.87. The predicted octanol–water partition coefficient (Wildman–Crippen LogP) is 6.40. The first-order chi connectivity index (χ1) is 18.9. The molecule has 7 nitrogen and oxygen atoms in total. The topological polar surface area (TPSA) is 78.5 Å². The fourth-order valence-corrected chi connectivity index (χ4v) is 3.84. The summed E-state index contributed by atoms with van der Waals surface area (Å²) in [5.74, 6) is 0.371. The van der Waals surface area contributed by atoms with Gasteiger partial charge in [-0.05, 0) is 66.8 Å². The lowest BCUT2D eigenvalue weighted by atomic mass is 10.1. The van der Waals surface area contributed by atoms with Crippen LogP contribution in [0.2, 0.25) is 0 Å². The molecule has 0 spiro atoms. The lowest BCUT2D eigenvalue weighted by Crippen LogP contribution is -1.99. The van der Waals surface area contributed by atoms with Gasteiger partial charge in [0, 0.05) is 23.3 Å². The third-order valence-corrected chi connectivity index (χ3v) is 5.87. The molecule has 0 saturated heterocycles. The Bertz CT molecular complexity index is 1590. The summed E-state index contributed by atoms with van der Waals surface area (Å²) < 4.78 is 51.9. The zero-order chi connectivity index (χ0) is 27.9. The average molecular weight is 530 g/mol. The van der Waals surface area contributed by atoms with Crippen LogP contribution in [0.5, 0.6) is 23.0 Å². The van der Waals surface area contributed by atoms with Gasteiger partial charge in [0.05, 0.1) is 57.1 Å². The van der Waals surface area contributed by atoms with E-state index in [1.54, 1.807) is 59.3 Å². The second-order valence-corrected chi connectivity index (χ2v) is 8.19. The molecular weight excluding hydrogens is 504 g/mol. The van der Waals surface area contributed by atoms with Crippen LogP contribution in [0.25, 0.3) is 30.0 Å². The van der Waals surface area contributed by atoms with E-state index in [1.807, 2.05) is 0 Å². The monoisotopic (exact) mass is 529 g/mol. The molecule has 9 heteroatoms. The molecule has 39 heavy (non-hydrogen) atoms. The number of hydrogen-bond donors (Lipinski definition) is 0. The van der Waals surface area contributed by atoms with Crippen LogP contribution in [0.3, 0.4) is 0 Å². The Balaban J connectivity index is 1.75. The van der Waals surface area contributed by atoms with Crippen LogP contribution in [-0.2, 0) is 0 Å². The maximum atomic E-state index is 14.7. The first-order valence-corrected chi connectivity index (χ1v) is 11.7. The molecule has 0 radical (unpaired) electrons. The molecule has 1 heterocycles. The average Bonchev–Trinajstić information content (AvgIpc) is 3.38. The molecule has 0 aliphatic rings. The molecule has 1 aromatic heterocycles. The Kier molecular flexibility index (Phi) is 8.27. The number of rotatable bonds is 9. The highest BCUT2D eigenvalue weighted by atomic mass is 19.1. The summed E-state index contributed by atoms with van der Waals surface area (Å²) in [6, 6.07) is 16.3.